The Labute approximate surface area is 141 Å². The third-order valence-electron chi connectivity index (χ3n) is 5.34. The van der Waals surface area contributed by atoms with Crippen LogP contribution in [0.4, 0.5) is 0 Å². The van der Waals surface area contributed by atoms with E-state index >= 15 is 0 Å². The van der Waals surface area contributed by atoms with Gasteiger partial charge in [-0.05, 0) is 31.2 Å². The predicted octanol–water partition coefficient (Wildman–Crippen LogP) is 2.72. The van der Waals surface area contributed by atoms with Crippen LogP contribution in [0.2, 0.25) is 0 Å². The van der Waals surface area contributed by atoms with Crippen molar-refractivity contribution >= 4 is 5.91 Å². The highest BCUT2D eigenvalue weighted by molar-refractivity contribution is 5.95. The van der Waals surface area contributed by atoms with Gasteiger partial charge in [-0.25, -0.2) is 0 Å². The summed E-state index contributed by atoms with van der Waals surface area (Å²) < 4.78 is 5.07. The molecule has 2 aromatic rings. The predicted molar refractivity (Wildman–Crippen MR) is 88.8 cm³/mol. The third kappa shape index (κ3) is 2.63. The number of nitrogens with zero attached hydrogens (tertiary/aromatic N) is 2. The Morgan fingerprint density at radius 2 is 2.12 bits per heavy atom. The number of hydrogen-bond acceptors (Lipinski definition) is 4. The van der Waals surface area contributed by atoms with Crippen molar-refractivity contribution in [2.24, 2.45) is 0 Å². The van der Waals surface area contributed by atoms with Crippen LogP contribution < -0.4 is 0 Å². The molecule has 1 aromatic carbocycles. The number of piperidine rings is 1. The van der Waals surface area contributed by atoms with E-state index in [1.165, 1.54) is 6.26 Å². The van der Waals surface area contributed by atoms with Crippen LogP contribution >= 0.6 is 0 Å². The van der Waals surface area contributed by atoms with Crippen molar-refractivity contribution in [1.29, 1.82) is 0 Å². The molecule has 2 aliphatic rings. The van der Waals surface area contributed by atoms with Gasteiger partial charge in [0.1, 0.15) is 11.8 Å². The maximum Gasteiger partial charge on any atom is 0.259 e. The van der Waals surface area contributed by atoms with Gasteiger partial charge in [0.15, 0.2) is 0 Å². The van der Waals surface area contributed by atoms with Crippen molar-refractivity contribution in [2.75, 3.05) is 19.7 Å². The fourth-order valence-electron chi connectivity index (χ4n) is 3.78. The molecule has 5 nitrogen and oxygen atoms in total. The molecule has 1 N–H and O–H groups in total. The molecule has 2 fully saturated rings. The number of carbonyl (C=O) groups is 1. The van der Waals surface area contributed by atoms with E-state index in [2.05, 4.69) is 5.16 Å². The van der Waals surface area contributed by atoms with Crippen molar-refractivity contribution in [3.63, 3.8) is 0 Å². The molecule has 1 unspecified atom stereocenters. The molecule has 126 valence electrons. The highest BCUT2D eigenvalue weighted by atomic mass is 16.5. The number of aliphatic hydroxyl groups is 1. The lowest BCUT2D eigenvalue weighted by atomic mass is 9.74. The molecule has 0 radical (unpaired) electrons. The van der Waals surface area contributed by atoms with E-state index in [1.54, 1.807) is 0 Å². The molecule has 1 saturated heterocycles. The number of aliphatic hydroxyl groups excluding tert-OH is 1. The lowest BCUT2D eigenvalue weighted by Gasteiger charge is -2.42. The quantitative estimate of drug-likeness (QED) is 0.938. The van der Waals surface area contributed by atoms with Crippen LogP contribution in [-0.4, -0.2) is 40.8 Å². The van der Waals surface area contributed by atoms with Crippen molar-refractivity contribution in [3.8, 4) is 0 Å². The molecule has 2 heterocycles. The average Bonchev–Trinajstić information content (AvgIpc) is 3.38. The van der Waals surface area contributed by atoms with Crippen molar-refractivity contribution < 1.29 is 14.4 Å². The van der Waals surface area contributed by atoms with Crippen LogP contribution in [-0.2, 0) is 5.41 Å². The fourth-order valence-corrected chi connectivity index (χ4v) is 3.78. The summed E-state index contributed by atoms with van der Waals surface area (Å²) in [6, 6.07) is 10.0. The van der Waals surface area contributed by atoms with Crippen LogP contribution in [0.1, 0.15) is 53.2 Å². The average molecular weight is 326 g/mol. The van der Waals surface area contributed by atoms with Crippen molar-refractivity contribution in [1.82, 2.24) is 10.1 Å². The number of aromatic nitrogens is 1. The van der Waals surface area contributed by atoms with Crippen LogP contribution in [0.5, 0.6) is 0 Å². The van der Waals surface area contributed by atoms with Gasteiger partial charge in [-0.15, -0.1) is 0 Å². The molecule has 5 heteroatoms. The Kier molecular flexibility index (Phi) is 3.88. The number of hydrogen-bond donors (Lipinski definition) is 1. The molecule has 1 aliphatic carbocycles. The number of likely N-dealkylation sites (tertiary alicyclic amines) is 1. The van der Waals surface area contributed by atoms with Gasteiger partial charge in [0.05, 0.1) is 12.3 Å². The first-order valence-electron chi connectivity index (χ1n) is 8.63. The van der Waals surface area contributed by atoms with E-state index in [1.807, 2.05) is 35.2 Å². The van der Waals surface area contributed by atoms with E-state index in [-0.39, 0.29) is 17.9 Å². The zero-order valence-corrected chi connectivity index (χ0v) is 13.6. The molecule has 4 rings (SSSR count). The zero-order chi connectivity index (χ0) is 16.6. The molecular weight excluding hydrogens is 304 g/mol. The van der Waals surface area contributed by atoms with Crippen molar-refractivity contribution in [3.05, 3.63) is 53.4 Å². The summed E-state index contributed by atoms with van der Waals surface area (Å²) in [4.78, 5) is 14.8. The topological polar surface area (TPSA) is 66.6 Å². The molecule has 1 aliphatic heterocycles. The minimum atomic E-state index is -0.383. The highest BCUT2D eigenvalue weighted by Gasteiger charge is 2.40. The molecule has 0 spiro atoms. The second kappa shape index (κ2) is 6.06. The third-order valence-corrected chi connectivity index (χ3v) is 5.34. The van der Waals surface area contributed by atoms with Crippen LogP contribution in [0.3, 0.4) is 0 Å². The standard InChI is InChI=1S/C19H22N2O3/c22-13-19(15-5-2-1-3-6-15)9-4-10-21(12-19)18(23)16-11-24-20-17(16)14-7-8-14/h1-3,5-6,11,14,22H,4,7-10,12-13H2. The van der Waals surface area contributed by atoms with Crippen LogP contribution in [0.25, 0.3) is 0 Å². The Morgan fingerprint density at radius 3 is 2.83 bits per heavy atom. The first kappa shape index (κ1) is 15.4. The SMILES string of the molecule is O=C(c1conc1C1CC1)N1CCCC(CO)(c2ccccc2)C1. The summed E-state index contributed by atoms with van der Waals surface area (Å²) in [5.41, 5.74) is 2.11. The Hall–Kier alpha value is -2.14. The van der Waals surface area contributed by atoms with E-state index < -0.39 is 0 Å². The van der Waals surface area contributed by atoms with Gasteiger partial charge in [0.25, 0.3) is 5.91 Å². The summed E-state index contributed by atoms with van der Waals surface area (Å²) in [7, 11) is 0. The van der Waals surface area contributed by atoms with Crippen molar-refractivity contribution in [2.45, 2.75) is 37.0 Å². The van der Waals surface area contributed by atoms with E-state index in [9.17, 15) is 9.90 Å². The largest absolute Gasteiger partial charge is 0.395 e. The zero-order valence-electron chi connectivity index (χ0n) is 13.6. The number of carbonyl (C=O) groups excluding carboxylic acids is 1. The molecule has 24 heavy (non-hydrogen) atoms. The van der Waals surface area contributed by atoms with Gasteiger partial charge < -0.3 is 14.5 Å². The maximum absolute atomic E-state index is 13.0. The first-order chi connectivity index (χ1) is 11.7. The van der Waals surface area contributed by atoms with Gasteiger partial charge in [-0.2, -0.15) is 0 Å². The molecule has 1 atom stereocenters. The van der Waals surface area contributed by atoms with Gasteiger partial charge >= 0.3 is 0 Å². The number of rotatable bonds is 4. The smallest absolute Gasteiger partial charge is 0.259 e. The Bertz CT molecular complexity index is 723. The first-order valence-corrected chi connectivity index (χ1v) is 8.63. The molecule has 1 amide bonds. The van der Waals surface area contributed by atoms with Crippen LogP contribution in [0.15, 0.2) is 41.1 Å². The lowest BCUT2D eigenvalue weighted by Crippen LogP contribution is -2.50. The van der Waals surface area contributed by atoms with Gasteiger partial charge in [-0.3, -0.25) is 4.79 Å². The van der Waals surface area contributed by atoms with Gasteiger partial charge in [-0.1, -0.05) is 35.5 Å². The summed E-state index contributed by atoms with van der Waals surface area (Å²) in [6.45, 7) is 1.28. The second-order valence-electron chi connectivity index (χ2n) is 7.02. The maximum atomic E-state index is 13.0. The lowest BCUT2D eigenvalue weighted by molar-refractivity contribution is 0.0541. The monoisotopic (exact) mass is 326 g/mol. The Balaban J connectivity index is 1.60. The summed E-state index contributed by atoms with van der Waals surface area (Å²) in [5.74, 6) is 0.357. The highest BCUT2D eigenvalue weighted by Crippen LogP contribution is 2.41. The van der Waals surface area contributed by atoms with E-state index in [0.29, 0.717) is 24.6 Å². The number of amides is 1. The normalized spacial score (nSPS) is 24.1. The summed E-state index contributed by atoms with van der Waals surface area (Å²) in [6.07, 6.45) is 5.41. The molecule has 1 aromatic heterocycles. The minimum absolute atomic E-state index is 0.0217. The van der Waals surface area contributed by atoms with E-state index in [0.717, 1.165) is 36.9 Å². The molecular formula is C19H22N2O3. The van der Waals surface area contributed by atoms with Gasteiger partial charge in [0.2, 0.25) is 0 Å². The number of benzene rings is 1. The fraction of sp³-hybridized carbons (Fsp3) is 0.474. The Morgan fingerprint density at radius 1 is 1.33 bits per heavy atom. The second-order valence-corrected chi connectivity index (χ2v) is 7.02. The van der Waals surface area contributed by atoms with Crippen LogP contribution in [0, 0.1) is 0 Å². The molecule has 0 bridgehead atoms. The molecule has 1 saturated carbocycles. The summed E-state index contributed by atoms with van der Waals surface area (Å²) in [5, 5.41) is 14.1. The minimum Gasteiger partial charge on any atom is -0.395 e. The summed E-state index contributed by atoms with van der Waals surface area (Å²) >= 11 is 0. The van der Waals surface area contributed by atoms with Gasteiger partial charge in [0, 0.05) is 24.4 Å². The van der Waals surface area contributed by atoms with E-state index in [4.69, 9.17) is 4.52 Å².